The molecular formula is C21H25N3O3. The Kier molecular flexibility index (Phi) is 5.96. The molecule has 2 aromatic carbocycles. The van der Waals surface area contributed by atoms with E-state index < -0.39 is 0 Å². The normalized spacial score (nSPS) is 11.0. The molecule has 0 spiro atoms. The Morgan fingerprint density at radius 3 is 2.78 bits per heavy atom. The van der Waals surface area contributed by atoms with Crippen LogP contribution in [0.4, 0.5) is 0 Å². The molecule has 0 aliphatic carbocycles. The first kappa shape index (κ1) is 18.8. The molecule has 0 saturated carbocycles. The van der Waals surface area contributed by atoms with Crippen LogP contribution in [0.3, 0.4) is 0 Å². The van der Waals surface area contributed by atoms with Crippen LogP contribution in [-0.4, -0.2) is 35.2 Å². The lowest BCUT2D eigenvalue weighted by atomic mass is 10.2. The number of rotatable bonds is 8. The second-order valence-electron chi connectivity index (χ2n) is 6.57. The minimum Gasteiger partial charge on any atom is -0.493 e. The minimum atomic E-state index is -0.125. The number of ether oxygens (including phenoxy) is 2. The van der Waals surface area contributed by atoms with Crippen LogP contribution in [0.1, 0.15) is 30.6 Å². The van der Waals surface area contributed by atoms with E-state index >= 15 is 0 Å². The van der Waals surface area contributed by atoms with E-state index in [1.165, 1.54) is 0 Å². The summed E-state index contributed by atoms with van der Waals surface area (Å²) >= 11 is 0. The third kappa shape index (κ3) is 4.58. The number of aryl methyl sites for hydroxylation is 1. The van der Waals surface area contributed by atoms with Gasteiger partial charge in [-0.2, -0.15) is 0 Å². The van der Waals surface area contributed by atoms with Crippen LogP contribution in [-0.2, 0) is 6.54 Å². The van der Waals surface area contributed by atoms with E-state index in [-0.39, 0.29) is 12.0 Å². The molecule has 0 bridgehead atoms. The molecule has 0 atom stereocenters. The summed E-state index contributed by atoms with van der Waals surface area (Å²) in [7, 11) is 1.57. The van der Waals surface area contributed by atoms with Gasteiger partial charge in [-0.3, -0.25) is 4.79 Å². The van der Waals surface area contributed by atoms with Gasteiger partial charge in [-0.1, -0.05) is 12.1 Å². The quantitative estimate of drug-likeness (QED) is 0.617. The fraction of sp³-hybridized carbons (Fsp3) is 0.333. The smallest absolute Gasteiger partial charge is 0.251 e. The van der Waals surface area contributed by atoms with Crippen LogP contribution in [0, 0.1) is 0 Å². The first-order valence-electron chi connectivity index (χ1n) is 9.11. The average Bonchev–Trinajstić information content (AvgIpc) is 3.08. The molecule has 1 N–H and O–H groups in total. The Hall–Kier alpha value is -3.02. The number of para-hydroxylation sites is 2. The number of nitrogens with zero attached hydrogens (tertiary/aromatic N) is 2. The molecule has 0 unspecified atom stereocenters. The molecule has 0 aliphatic rings. The van der Waals surface area contributed by atoms with Gasteiger partial charge in [0, 0.05) is 18.7 Å². The predicted octanol–water partition coefficient (Wildman–Crippen LogP) is 3.65. The molecule has 0 radical (unpaired) electrons. The van der Waals surface area contributed by atoms with Crippen molar-refractivity contribution in [2.75, 3.05) is 13.7 Å². The minimum absolute atomic E-state index is 0.0397. The van der Waals surface area contributed by atoms with Gasteiger partial charge in [0.1, 0.15) is 0 Å². The number of imidazole rings is 1. The average molecular weight is 367 g/mol. The van der Waals surface area contributed by atoms with Crippen LogP contribution in [0.5, 0.6) is 11.5 Å². The van der Waals surface area contributed by atoms with Gasteiger partial charge in [0.25, 0.3) is 5.91 Å². The summed E-state index contributed by atoms with van der Waals surface area (Å²) in [6, 6.07) is 13.2. The highest BCUT2D eigenvalue weighted by molar-refractivity contribution is 5.94. The van der Waals surface area contributed by atoms with Crippen LogP contribution in [0.25, 0.3) is 11.0 Å². The Morgan fingerprint density at radius 1 is 1.19 bits per heavy atom. The first-order chi connectivity index (χ1) is 13.1. The van der Waals surface area contributed by atoms with Crippen molar-refractivity contribution in [3.05, 3.63) is 54.4 Å². The number of carbonyl (C=O) groups excluding carboxylic acids is 1. The topological polar surface area (TPSA) is 65.4 Å². The largest absolute Gasteiger partial charge is 0.493 e. The predicted molar refractivity (Wildman–Crippen MR) is 105 cm³/mol. The van der Waals surface area contributed by atoms with Crippen molar-refractivity contribution in [3.63, 3.8) is 0 Å². The monoisotopic (exact) mass is 367 g/mol. The Bertz CT molecular complexity index is 918. The van der Waals surface area contributed by atoms with E-state index in [2.05, 4.69) is 14.9 Å². The van der Waals surface area contributed by atoms with Gasteiger partial charge < -0.3 is 19.4 Å². The molecule has 3 aromatic rings. The molecule has 6 nitrogen and oxygen atoms in total. The van der Waals surface area contributed by atoms with E-state index in [1.54, 1.807) is 25.3 Å². The van der Waals surface area contributed by atoms with Gasteiger partial charge in [0.15, 0.2) is 11.5 Å². The number of methoxy groups -OCH3 is 1. The summed E-state index contributed by atoms with van der Waals surface area (Å²) in [4.78, 5) is 16.8. The lowest BCUT2D eigenvalue weighted by molar-refractivity contribution is 0.0952. The Morgan fingerprint density at radius 2 is 2.00 bits per heavy atom. The summed E-state index contributed by atoms with van der Waals surface area (Å²) in [6.45, 7) is 5.27. The number of hydrogen-bond acceptors (Lipinski definition) is 4. The molecule has 0 fully saturated rings. The summed E-state index contributed by atoms with van der Waals surface area (Å²) in [5.74, 6) is 1.07. The van der Waals surface area contributed by atoms with Crippen molar-refractivity contribution in [2.45, 2.75) is 32.9 Å². The van der Waals surface area contributed by atoms with Crippen molar-refractivity contribution in [2.24, 2.45) is 0 Å². The number of amides is 1. The summed E-state index contributed by atoms with van der Waals surface area (Å²) < 4.78 is 13.1. The number of aromatic nitrogens is 2. The van der Waals surface area contributed by atoms with Crippen molar-refractivity contribution >= 4 is 16.9 Å². The third-order valence-electron chi connectivity index (χ3n) is 4.18. The highest BCUT2D eigenvalue weighted by atomic mass is 16.5. The Balaban J connectivity index is 1.54. The number of carbonyl (C=O) groups is 1. The maximum absolute atomic E-state index is 12.4. The van der Waals surface area contributed by atoms with Gasteiger partial charge in [0.05, 0.1) is 30.6 Å². The zero-order valence-electron chi connectivity index (χ0n) is 15.9. The molecule has 0 saturated heterocycles. The second kappa shape index (κ2) is 8.58. The van der Waals surface area contributed by atoms with E-state index in [1.807, 2.05) is 44.4 Å². The van der Waals surface area contributed by atoms with Crippen molar-refractivity contribution < 1.29 is 14.3 Å². The number of fused-ring (bicyclic) bond motifs is 1. The maximum atomic E-state index is 12.4. The van der Waals surface area contributed by atoms with Crippen LogP contribution in [0.2, 0.25) is 0 Å². The van der Waals surface area contributed by atoms with E-state index in [0.717, 1.165) is 24.0 Å². The van der Waals surface area contributed by atoms with E-state index in [0.29, 0.717) is 23.6 Å². The SMILES string of the molecule is COc1cc(C(=O)NCCCn2cnc3ccccc32)ccc1OC(C)C. The second-order valence-corrected chi connectivity index (χ2v) is 6.57. The number of hydrogen-bond donors (Lipinski definition) is 1. The first-order valence-corrected chi connectivity index (χ1v) is 9.11. The standard InChI is InChI=1S/C21H25N3O3/c1-15(2)27-19-10-9-16(13-20(19)26-3)21(25)22-11-6-12-24-14-23-17-7-4-5-8-18(17)24/h4-5,7-10,13-15H,6,11-12H2,1-3H3,(H,22,25). The maximum Gasteiger partial charge on any atom is 0.251 e. The lowest BCUT2D eigenvalue weighted by Gasteiger charge is -2.14. The summed E-state index contributed by atoms with van der Waals surface area (Å²) in [5, 5.41) is 2.95. The van der Waals surface area contributed by atoms with Crippen LogP contribution in [0.15, 0.2) is 48.8 Å². The zero-order chi connectivity index (χ0) is 19.2. The number of nitrogens with one attached hydrogen (secondary N) is 1. The number of benzene rings is 2. The van der Waals surface area contributed by atoms with Crippen molar-refractivity contribution in [1.82, 2.24) is 14.9 Å². The van der Waals surface area contributed by atoms with Crippen molar-refractivity contribution in [1.29, 1.82) is 0 Å². The summed E-state index contributed by atoms with van der Waals surface area (Å²) in [5.41, 5.74) is 2.64. The highest BCUT2D eigenvalue weighted by Crippen LogP contribution is 2.28. The van der Waals surface area contributed by atoms with Crippen molar-refractivity contribution in [3.8, 4) is 11.5 Å². The van der Waals surface area contributed by atoms with E-state index in [9.17, 15) is 4.79 Å². The molecule has 1 heterocycles. The molecule has 1 amide bonds. The van der Waals surface area contributed by atoms with Crippen LogP contribution < -0.4 is 14.8 Å². The highest BCUT2D eigenvalue weighted by Gasteiger charge is 2.12. The molecule has 3 rings (SSSR count). The molecular weight excluding hydrogens is 342 g/mol. The van der Waals surface area contributed by atoms with Gasteiger partial charge >= 0.3 is 0 Å². The van der Waals surface area contributed by atoms with Gasteiger partial charge in [-0.05, 0) is 50.6 Å². The van der Waals surface area contributed by atoms with Crippen LogP contribution >= 0.6 is 0 Å². The zero-order valence-corrected chi connectivity index (χ0v) is 15.9. The van der Waals surface area contributed by atoms with Gasteiger partial charge in [0.2, 0.25) is 0 Å². The lowest BCUT2D eigenvalue weighted by Crippen LogP contribution is -2.25. The van der Waals surface area contributed by atoms with E-state index in [4.69, 9.17) is 9.47 Å². The third-order valence-corrected chi connectivity index (χ3v) is 4.18. The molecule has 27 heavy (non-hydrogen) atoms. The molecule has 0 aliphatic heterocycles. The molecule has 6 heteroatoms. The Labute approximate surface area is 159 Å². The fourth-order valence-electron chi connectivity index (χ4n) is 2.90. The summed E-state index contributed by atoms with van der Waals surface area (Å²) in [6.07, 6.45) is 2.69. The van der Waals surface area contributed by atoms with Gasteiger partial charge in [-0.15, -0.1) is 0 Å². The molecule has 1 aromatic heterocycles. The molecule has 142 valence electrons. The fourth-order valence-corrected chi connectivity index (χ4v) is 2.90. The van der Waals surface area contributed by atoms with Gasteiger partial charge in [-0.25, -0.2) is 4.98 Å².